The molecule has 0 bridgehead atoms. The maximum absolute atomic E-state index is 13.1. The summed E-state index contributed by atoms with van der Waals surface area (Å²) >= 11 is 0. The Bertz CT molecular complexity index is 925. The van der Waals surface area contributed by atoms with Crippen LogP contribution in [0.3, 0.4) is 0 Å². The molecule has 1 saturated heterocycles. The Morgan fingerprint density at radius 2 is 1.77 bits per heavy atom. The smallest absolute Gasteiger partial charge is 0.227 e. The van der Waals surface area contributed by atoms with Gasteiger partial charge in [0.1, 0.15) is 17.3 Å². The second-order valence-corrected chi connectivity index (χ2v) is 7.64. The topological polar surface area (TPSA) is 59.1 Å². The van der Waals surface area contributed by atoms with E-state index in [2.05, 4.69) is 4.90 Å². The van der Waals surface area contributed by atoms with Crippen molar-refractivity contribution in [1.29, 1.82) is 0 Å². The summed E-state index contributed by atoms with van der Waals surface area (Å²) in [6.45, 7) is 2.87. The van der Waals surface area contributed by atoms with Crippen LogP contribution < -0.4 is 9.64 Å². The van der Waals surface area contributed by atoms with Crippen molar-refractivity contribution in [3.8, 4) is 5.75 Å². The van der Waals surface area contributed by atoms with Crippen LogP contribution in [-0.4, -0.2) is 31.0 Å². The lowest BCUT2D eigenvalue weighted by Gasteiger charge is -2.26. The van der Waals surface area contributed by atoms with Gasteiger partial charge in [0.2, 0.25) is 5.91 Å². The zero-order valence-electron chi connectivity index (χ0n) is 17.4. The average Bonchev–Trinajstić information content (AvgIpc) is 3.47. The van der Waals surface area contributed by atoms with Gasteiger partial charge in [0, 0.05) is 19.2 Å². The molecule has 1 aromatic carbocycles. The Hall–Kier alpha value is -3.15. The molecule has 3 heterocycles. The maximum atomic E-state index is 13.1. The summed E-state index contributed by atoms with van der Waals surface area (Å²) in [6, 6.07) is 15.3. The minimum absolute atomic E-state index is 0.0208. The van der Waals surface area contributed by atoms with Gasteiger partial charge in [-0.2, -0.15) is 0 Å². The highest BCUT2D eigenvalue weighted by Crippen LogP contribution is 2.24. The molecule has 6 heteroatoms. The molecule has 30 heavy (non-hydrogen) atoms. The van der Waals surface area contributed by atoms with Crippen molar-refractivity contribution in [1.82, 2.24) is 4.90 Å². The highest BCUT2D eigenvalue weighted by Gasteiger charge is 2.20. The molecule has 1 amide bonds. The Morgan fingerprint density at radius 1 is 1.00 bits per heavy atom. The van der Waals surface area contributed by atoms with Crippen LogP contribution >= 0.6 is 0 Å². The molecule has 2 aromatic heterocycles. The number of benzene rings is 1. The van der Waals surface area contributed by atoms with E-state index in [1.165, 1.54) is 19.3 Å². The van der Waals surface area contributed by atoms with Crippen LogP contribution in [-0.2, 0) is 24.3 Å². The van der Waals surface area contributed by atoms with E-state index < -0.39 is 0 Å². The summed E-state index contributed by atoms with van der Waals surface area (Å²) < 4.78 is 16.8. The number of nitrogens with zero attached hydrogens (tertiary/aromatic N) is 2. The lowest BCUT2D eigenvalue weighted by molar-refractivity contribution is -0.132. The third-order valence-electron chi connectivity index (χ3n) is 5.46. The van der Waals surface area contributed by atoms with Crippen LogP contribution in [0.5, 0.6) is 5.75 Å². The Labute approximate surface area is 177 Å². The first-order valence-electron chi connectivity index (χ1n) is 10.5. The number of ether oxygens (including phenoxy) is 1. The SMILES string of the molecule is COc1ccc(CC(=O)N(Cc2ccco2)Cc2ccc(N3CCCCC3)o2)cc1. The quantitative estimate of drug-likeness (QED) is 0.543. The van der Waals surface area contributed by atoms with E-state index in [0.29, 0.717) is 19.5 Å². The average molecular weight is 408 g/mol. The zero-order chi connectivity index (χ0) is 20.8. The van der Waals surface area contributed by atoms with Gasteiger partial charge in [-0.3, -0.25) is 4.79 Å². The molecule has 1 fully saturated rings. The Balaban J connectivity index is 1.46. The summed E-state index contributed by atoms with van der Waals surface area (Å²) in [5, 5.41) is 0. The maximum Gasteiger partial charge on any atom is 0.227 e. The van der Waals surface area contributed by atoms with Crippen LogP contribution in [0, 0.1) is 0 Å². The molecule has 1 aliphatic heterocycles. The summed E-state index contributed by atoms with van der Waals surface area (Å²) in [6.07, 6.45) is 5.61. The zero-order valence-corrected chi connectivity index (χ0v) is 17.4. The molecular weight excluding hydrogens is 380 g/mol. The molecule has 0 spiro atoms. The highest BCUT2D eigenvalue weighted by molar-refractivity contribution is 5.78. The molecule has 158 valence electrons. The number of rotatable bonds is 8. The standard InChI is InChI=1S/C24H28N2O4/c1-28-20-9-7-19(8-10-20)16-23(27)26(17-21-6-5-15-29-21)18-22-11-12-24(30-22)25-13-3-2-4-14-25/h5-12,15H,2-4,13-14,16-18H2,1H3. The first kappa shape index (κ1) is 20.1. The third-order valence-corrected chi connectivity index (χ3v) is 5.46. The molecular formula is C24H28N2O4. The number of piperidine rings is 1. The molecule has 0 aliphatic carbocycles. The number of hydrogen-bond donors (Lipinski definition) is 0. The van der Waals surface area contributed by atoms with E-state index in [-0.39, 0.29) is 5.91 Å². The molecule has 1 aliphatic rings. The van der Waals surface area contributed by atoms with Crippen molar-refractivity contribution in [2.24, 2.45) is 0 Å². The largest absolute Gasteiger partial charge is 0.497 e. The minimum atomic E-state index is 0.0208. The number of carbonyl (C=O) groups is 1. The van der Waals surface area contributed by atoms with Crippen molar-refractivity contribution in [2.75, 3.05) is 25.1 Å². The number of anilines is 1. The van der Waals surface area contributed by atoms with E-state index >= 15 is 0 Å². The number of amides is 1. The molecule has 3 aromatic rings. The van der Waals surface area contributed by atoms with Crippen LogP contribution in [0.4, 0.5) is 5.88 Å². The summed E-state index contributed by atoms with van der Waals surface area (Å²) in [7, 11) is 1.63. The van der Waals surface area contributed by atoms with Gasteiger partial charge < -0.3 is 23.4 Å². The van der Waals surface area contributed by atoms with Crippen LogP contribution in [0.25, 0.3) is 0 Å². The van der Waals surface area contributed by atoms with Crippen molar-refractivity contribution in [3.63, 3.8) is 0 Å². The van der Waals surface area contributed by atoms with Gasteiger partial charge in [0.05, 0.1) is 32.9 Å². The molecule has 0 atom stereocenters. The van der Waals surface area contributed by atoms with Crippen LogP contribution in [0.2, 0.25) is 0 Å². The fraction of sp³-hybridized carbons (Fsp3) is 0.375. The fourth-order valence-electron chi connectivity index (χ4n) is 3.78. The number of hydrogen-bond acceptors (Lipinski definition) is 5. The van der Waals surface area contributed by atoms with E-state index in [1.54, 1.807) is 18.3 Å². The fourth-order valence-corrected chi connectivity index (χ4v) is 3.78. The predicted molar refractivity (Wildman–Crippen MR) is 114 cm³/mol. The second-order valence-electron chi connectivity index (χ2n) is 7.64. The van der Waals surface area contributed by atoms with Gasteiger partial charge >= 0.3 is 0 Å². The number of methoxy groups -OCH3 is 1. The number of carbonyl (C=O) groups excluding carboxylic acids is 1. The number of furan rings is 2. The second kappa shape index (κ2) is 9.57. The molecule has 4 rings (SSSR count). The van der Waals surface area contributed by atoms with Crippen LogP contribution in [0.15, 0.2) is 63.6 Å². The van der Waals surface area contributed by atoms with E-state index in [0.717, 1.165) is 41.8 Å². The Kier molecular flexibility index (Phi) is 6.42. The lowest BCUT2D eigenvalue weighted by Crippen LogP contribution is -2.31. The van der Waals surface area contributed by atoms with Crippen molar-refractivity contribution in [2.45, 2.75) is 38.8 Å². The van der Waals surface area contributed by atoms with Crippen LogP contribution in [0.1, 0.15) is 36.3 Å². The van der Waals surface area contributed by atoms with Crippen molar-refractivity contribution >= 4 is 11.8 Å². The van der Waals surface area contributed by atoms with Gasteiger partial charge in [0.25, 0.3) is 0 Å². The predicted octanol–water partition coefficient (Wildman–Crippen LogP) is 4.64. The normalized spacial score (nSPS) is 14.0. The highest BCUT2D eigenvalue weighted by atomic mass is 16.5. The van der Waals surface area contributed by atoms with Crippen molar-refractivity contribution in [3.05, 3.63) is 71.9 Å². The summed E-state index contributed by atoms with van der Waals surface area (Å²) in [5.74, 6) is 3.23. The van der Waals surface area contributed by atoms with Gasteiger partial charge in [0.15, 0.2) is 5.88 Å². The summed E-state index contributed by atoms with van der Waals surface area (Å²) in [4.78, 5) is 17.2. The van der Waals surface area contributed by atoms with Crippen molar-refractivity contribution < 1.29 is 18.4 Å². The monoisotopic (exact) mass is 408 g/mol. The lowest BCUT2D eigenvalue weighted by atomic mass is 10.1. The van der Waals surface area contributed by atoms with Gasteiger partial charge in [-0.05, 0) is 55.2 Å². The molecule has 0 N–H and O–H groups in total. The van der Waals surface area contributed by atoms with E-state index in [4.69, 9.17) is 13.6 Å². The van der Waals surface area contributed by atoms with E-state index in [9.17, 15) is 4.79 Å². The first-order valence-corrected chi connectivity index (χ1v) is 10.5. The van der Waals surface area contributed by atoms with Gasteiger partial charge in [-0.25, -0.2) is 0 Å². The Morgan fingerprint density at radius 3 is 2.47 bits per heavy atom. The molecule has 6 nitrogen and oxygen atoms in total. The molecule has 0 unspecified atom stereocenters. The van der Waals surface area contributed by atoms with Gasteiger partial charge in [-0.1, -0.05) is 12.1 Å². The minimum Gasteiger partial charge on any atom is -0.497 e. The van der Waals surface area contributed by atoms with Gasteiger partial charge in [-0.15, -0.1) is 0 Å². The molecule has 0 radical (unpaired) electrons. The summed E-state index contributed by atoms with van der Waals surface area (Å²) in [5.41, 5.74) is 0.943. The molecule has 0 saturated carbocycles. The first-order chi connectivity index (χ1) is 14.7. The van der Waals surface area contributed by atoms with E-state index in [1.807, 2.05) is 48.5 Å². The third kappa shape index (κ3) is 5.06.